The minimum absolute atomic E-state index is 0.221. The molecule has 7 heteroatoms. The smallest absolute Gasteiger partial charge is 0.228 e. The van der Waals surface area contributed by atoms with Crippen LogP contribution in [0.4, 0.5) is 5.69 Å². The number of hydrogen-bond donors (Lipinski definition) is 0. The van der Waals surface area contributed by atoms with Crippen LogP contribution in [0.15, 0.2) is 18.2 Å². The lowest BCUT2D eigenvalue weighted by molar-refractivity contribution is -0.145. The van der Waals surface area contributed by atoms with Crippen molar-refractivity contribution in [2.75, 3.05) is 51.4 Å². The molecule has 0 saturated carbocycles. The number of hydrogen-bond acceptors (Lipinski definition) is 5. The number of methoxy groups -OCH3 is 1. The van der Waals surface area contributed by atoms with Gasteiger partial charge in [-0.1, -0.05) is 18.5 Å². The zero-order valence-electron chi connectivity index (χ0n) is 17.3. The van der Waals surface area contributed by atoms with Crippen molar-refractivity contribution in [1.82, 2.24) is 4.90 Å². The van der Waals surface area contributed by atoms with E-state index in [1.165, 1.54) is 0 Å². The lowest BCUT2D eigenvalue weighted by Gasteiger charge is -2.43. The molecule has 1 aromatic rings. The van der Waals surface area contributed by atoms with Gasteiger partial charge in [0.2, 0.25) is 5.91 Å². The van der Waals surface area contributed by atoms with Crippen LogP contribution in [0.3, 0.4) is 0 Å². The number of rotatable bonds is 6. The van der Waals surface area contributed by atoms with E-state index in [1.807, 2.05) is 17.0 Å². The summed E-state index contributed by atoms with van der Waals surface area (Å²) in [6.07, 6.45) is 3.55. The van der Waals surface area contributed by atoms with Gasteiger partial charge in [0.1, 0.15) is 6.07 Å². The quantitative estimate of drug-likeness (QED) is 0.660. The van der Waals surface area contributed by atoms with Gasteiger partial charge in [-0.15, -0.1) is 0 Å². The Bertz CT molecular complexity index is 748. The second-order valence-corrected chi connectivity index (χ2v) is 8.61. The minimum Gasteiger partial charge on any atom is -0.382 e. The van der Waals surface area contributed by atoms with Gasteiger partial charge in [-0.2, -0.15) is 5.26 Å². The van der Waals surface area contributed by atoms with E-state index in [1.54, 1.807) is 13.2 Å². The van der Waals surface area contributed by atoms with E-state index in [4.69, 9.17) is 21.1 Å². The normalized spacial score (nSPS) is 19.8. The summed E-state index contributed by atoms with van der Waals surface area (Å²) in [6, 6.07) is 7.65. The van der Waals surface area contributed by atoms with Crippen molar-refractivity contribution >= 4 is 23.2 Å². The molecular weight excluding hydrogens is 390 g/mol. The van der Waals surface area contributed by atoms with E-state index in [0.29, 0.717) is 23.8 Å². The summed E-state index contributed by atoms with van der Waals surface area (Å²) in [5, 5.41) is 9.98. The molecule has 0 bridgehead atoms. The molecule has 1 amide bonds. The first-order valence-electron chi connectivity index (χ1n) is 10.3. The molecule has 158 valence electrons. The standard InChI is InChI=1S/C22H30ClN3O3/c1-22(21(27)26-9-5-19(6-10-26)29-14-13-28-2)7-11-25(12-8-22)20-4-3-18(23)15-17(20)16-24/h3-4,15,19H,5-14H2,1-2H3. The van der Waals surface area contributed by atoms with Crippen LogP contribution in [0.1, 0.15) is 38.2 Å². The van der Waals surface area contributed by atoms with Crippen molar-refractivity contribution in [2.24, 2.45) is 5.41 Å². The highest BCUT2D eigenvalue weighted by Crippen LogP contribution is 2.37. The Balaban J connectivity index is 1.54. The van der Waals surface area contributed by atoms with Gasteiger partial charge >= 0.3 is 0 Å². The fourth-order valence-corrected chi connectivity index (χ4v) is 4.41. The molecule has 0 spiro atoms. The zero-order valence-corrected chi connectivity index (χ0v) is 18.1. The number of piperidine rings is 2. The number of nitrogens with zero attached hydrogens (tertiary/aromatic N) is 3. The van der Waals surface area contributed by atoms with E-state index in [9.17, 15) is 10.1 Å². The maximum Gasteiger partial charge on any atom is 0.228 e. The molecule has 6 nitrogen and oxygen atoms in total. The summed E-state index contributed by atoms with van der Waals surface area (Å²) in [5.41, 5.74) is 1.14. The Morgan fingerprint density at radius 2 is 1.93 bits per heavy atom. The van der Waals surface area contributed by atoms with Crippen molar-refractivity contribution in [2.45, 2.75) is 38.7 Å². The second kappa shape index (κ2) is 9.80. The van der Waals surface area contributed by atoms with E-state index in [2.05, 4.69) is 17.9 Å². The molecule has 2 aliphatic heterocycles. The SMILES string of the molecule is COCCOC1CCN(C(=O)C2(C)CCN(c3ccc(Cl)cc3C#N)CC2)CC1. The average molecular weight is 420 g/mol. The molecule has 1 aromatic carbocycles. The van der Waals surface area contributed by atoms with E-state index in [-0.39, 0.29) is 17.4 Å². The van der Waals surface area contributed by atoms with Gasteiger partial charge in [0.25, 0.3) is 0 Å². The highest BCUT2D eigenvalue weighted by molar-refractivity contribution is 6.30. The third-order valence-corrected chi connectivity index (χ3v) is 6.41. The molecule has 2 aliphatic rings. The van der Waals surface area contributed by atoms with Crippen molar-refractivity contribution in [3.05, 3.63) is 28.8 Å². The van der Waals surface area contributed by atoms with Crippen molar-refractivity contribution < 1.29 is 14.3 Å². The molecule has 2 heterocycles. The van der Waals surface area contributed by atoms with Crippen LogP contribution in [0, 0.1) is 16.7 Å². The van der Waals surface area contributed by atoms with Crippen LogP contribution in [-0.4, -0.2) is 63.4 Å². The van der Waals surface area contributed by atoms with E-state index < -0.39 is 0 Å². The molecule has 2 saturated heterocycles. The average Bonchev–Trinajstić information content (AvgIpc) is 2.74. The molecule has 0 N–H and O–H groups in total. The van der Waals surface area contributed by atoms with Crippen LogP contribution in [0.2, 0.25) is 5.02 Å². The van der Waals surface area contributed by atoms with Crippen LogP contribution in [-0.2, 0) is 14.3 Å². The number of ether oxygens (including phenoxy) is 2. The number of likely N-dealkylation sites (tertiary alicyclic amines) is 1. The van der Waals surface area contributed by atoms with Crippen molar-refractivity contribution in [3.63, 3.8) is 0 Å². The third-order valence-electron chi connectivity index (χ3n) is 6.17. The molecule has 0 radical (unpaired) electrons. The van der Waals surface area contributed by atoms with Gasteiger partial charge in [-0.3, -0.25) is 4.79 Å². The Morgan fingerprint density at radius 1 is 1.24 bits per heavy atom. The highest BCUT2D eigenvalue weighted by Gasteiger charge is 2.40. The van der Waals surface area contributed by atoms with Crippen LogP contribution >= 0.6 is 11.6 Å². The first-order valence-corrected chi connectivity index (χ1v) is 10.7. The largest absolute Gasteiger partial charge is 0.382 e. The second-order valence-electron chi connectivity index (χ2n) is 8.18. The number of nitriles is 1. The van der Waals surface area contributed by atoms with Crippen LogP contribution < -0.4 is 4.90 Å². The predicted octanol–water partition coefficient (Wildman–Crippen LogP) is 3.47. The number of halogens is 1. The number of amides is 1. The Labute approximate surface area is 178 Å². The third kappa shape index (κ3) is 5.22. The van der Waals surface area contributed by atoms with Crippen molar-refractivity contribution in [3.8, 4) is 6.07 Å². The predicted molar refractivity (Wildman–Crippen MR) is 113 cm³/mol. The lowest BCUT2D eigenvalue weighted by atomic mass is 9.78. The molecule has 0 aromatic heterocycles. The fourth-order valence-electron chi connectivity index (χ4n) is 4.23. The highest BCUT2D eigenvalue weighted by atomic mass is 35.5. The van der Waals surface area contributed by atoms with Gasteiger partial charge in [-0.05, 0) is 43.9 Å². The Morgan fingerprint density at radius 3 is 2.55 bits per heavy atom. The fraction of sp³-hybridized carbons (Fsp3) is 0.636. The molecule has 0 aliphatic carbocycles. The number of benzene rings is 1. The lowest BCUT2D eigenvalue weighted by Crippen LogP contribution is -2.51. The topological polar surface area (TPSA) is 65.8 Å². The zero-order chi connectivity index (χ0) is 20.9. The first kappa shape index (κ1) is 21.9. The monoisotopic (exact) mass is 419 g/mol. The summed E-state index contributed by atoms with van der Waals surface area (Å²) in [5.74, 6) is 0.254. The minimum atomic E-state index is -0.348. The van der Waals surface area contributed by atoms with E-state index in [0.717, 1.165) is 57.5 Å². The maximum atomic E-state index is 13.2. The van der Waals surface area contributed by atoms with Gasteiger partial charge in [0, 0.05) is 43.7 Å². The Kier molecular flexibility index (Phi) is 7.39. The van der Waals surface area contributed by atoms with Crippen molar-refractivity contribution in [1.29, 1.82) is 5.26 Å². The summed E-state index contributed by atoms with van der Waals surface area (Å²) >= 11 is 6.02. The molecule has 0 unspecified atom stereocenters. The molecule has 29 heavy (non-hydrogen) atoms. The van der Waals surface area contributed by atoms with Gasteiger partial charge < -0.3 is 19.3 Å². The molecule has 2 fully saturated rings. The number of carbonyl (C=O) groups is 1. The van der Waals surface area contributed by atoms with Gasteiger partial charge in [0.05, 0.1) is 30.6 Å². The summed E-state index contributed by atoms with van der Waals surface area (Å²) < 4.78 is 10.8. The number of anilines is 1. The molecule has 3 rings (SSSR count). The van der Waals surface area contributed by atoms with Gasteiger partial charge in [-0.25, -0.2) is 0 Å². The van der Waals surface area contributed by atoms with Gasteiger partial charge in [0.15, 0.2) is 0 Å². The maximum absolute atomic E-state index is 13.2. The van der Waals surface area contributed by atoms with Crippen LogP contribution in [0.5, 0.6) is 0 Å². The van der Waals surface area contributed by atoms with E-state index >= 15 is 0 Å². The van der Waals surface area contributed by atoms with Crippen LogP contribution in [0.25, 0.3) is 0 Å². The summed E-state index contributed by atoms with van der Waals surface area (Å²) in [4.78, 5) is 17.4. The molecular formula is C22H30ClN3O3. The first-order chi connectivity index (χ1) is 14.0. The summed E-state index contributed by atoms with van der Waals surface area (Å²) in [7, 11) is 1.67. The Hall–Kier alpha value is -1.81. The molecule has 0 atom stereocenters. The summed E-state index contributed by atoms with van der Waals surface area (Å²) in [6.45, 7) is 6.33. The number of carbonyl (C=O) groups excluding carboxylic acids is 1.